The smallest absolute Gasteiger partial charge is 0.407 e. The van der Waals surface area contributed by atoms with Crippen LogP contribution in [0, 0.1) is 5.92 Å². The highest BCUT2D eigenvalue weighted by atomic mass is 35.5. The molecule has 6 heteroatoms. The van der Waals surface area contributed by atoms with Crippen LogP contribution < -0.4 is 5.32 Å². The molecule has 0 bridgehead atoms. The summed E-state index contributed by atoms with van der Waals surface area (Å²) in [6.07, 6.45) is -0.537. The molecule has 1 aliphatic rings. The molecule has 1 fully saturated rings. The maximum Gasteiger partial charge on any atom is 0.407 e. The van der Waals surface area contributed by atoms with Crippen molar-refractivity contribution in [1.29, 1.82) is 0 Å². The van der Waals surface area contributed by atoms with Gasteiger partial charge in [0.15, 0.2) is 0 Å². The van der Waals surface area contributed by atoms with Crippen molar-refractivity contribution in [2.45, 2.75) is 32.2 Å². The zero-order valence-corrected chi connectivity index (χ0v) is 18.5. The zero-order valence-electron chi connectivity index (χ0n) is 17.8. The van der Waals surface area contributed by atoms with Gasteiger partial charge in [-0.2, -0.15) is 0 Å². The molecule has 0 aliphatic carbocycles. The first-order chi connectivity index (χ1) is 15.5. The molecule has 2 amide bonds. The molecule has 0 aromatic heterocycles. The minimum absolute atomic E-state index is 0.00432. The molecule has 0 saturated carbocycles. The van der Waals surface area contributed by atoms with Crippen LogP contribution in [0.25, 0.3) is 0 Å². The highest BCUT2D eigenvalue weighted by Gasteiger charge is 2.50. The summed E-state index contributed by atoms with van der Waals surface area (Å²) in [7, 11) is 0. The molecule has 4 rings (SSSR count). The standard InChI is InChI=1S/C26H25ClN2O3/c1-18(28-26(31)32-17-20-10-6-3-7-11-20)23-24(21-12-14-22(27)15-13-21)29(25(23)30)16-19-8-4-2-5-9-19/h2-15,18,23-24H,16-17H2,1H3,(H,28,31)/t18-,23+,24+/m0/s1. The van der Waals surface area contributed by atoms with Crippen LogP contribution in [0.3, 0.4) is 0 Å². The number of hydrogen-bond donors (Lipinski definition) is 1. The summed E-state index contributed by atoms with van der Waals surface area (Å²) in [6.45, 7) is 2.53. The van der Waals surface area contributed by atoms with Gasteiger partial charge >= 0.3 is 6.09 Å². The summed E-state index contributed by atoms with van der Waals surface area (Å²) in [5.74, 6) is -0.381. The number of likely N-dealkylation sites (tertiary alicyclic amines) is 1. The summed E-state index contributed by atoms with van der Waals surface area (Å²) in [4.78, 5) is 27.3. The number of ether oxygens (including phenoxy) is 1. The van der Waals surface area contributed by atoms with Crippen LogP contribution in [0.2, 0.25) is 5.02 Å². The molecule has 3 aromatic carbocycles. The first-order valence-electron chi connectivity index (χ1n) is 10.6. The maximum atomic E-state index is 13.1. The predicted molar refractivity (Wildman–Crippen MR) is 124 cm³/mol. The van der Waals surface area contributed by atoms with Gasteiger partial charge in [-0.1, -0.05) is 84.4 Å². The lowest BCUT2D eigenvalue weighted by Crippen LogP contribution is -2.61. The van der Waals surface area contributed by atoms with E-state index in [-0.39, 0.29) is 24.5 Å². The summed E-state index contributed by atoms with van der Waals surface area (Å²) >= 11 is 6.07. The molecule has 3 aromatic rings. The quantitative estimate of drug-likeness (QED) is 0.495. The normalized spacial score (nSPS) is 18.6. The van der Waals surface area contributed by atoms with Crippen LogP contribution in [0.4, 0.5) is 4.79 Å². The molecule has 164 valence electrons. The van der Waals surface area contributed by atoms with Crippen LogP contribution in [0.5, 0.6) is 0 Å². The molecule has 1 saturated heterocycles. The molecule has 0 radical (unpaired) electrons. The number of hydrogen-bond acceptors (Lipinski definition) is 3. The van der Waals surface area contributed by atoms with E-state index in [9.17, 15) is 9.59 Å². The maximum absolute atomic E-state index is 13.1. The highest BCUT2D eigenvalue weighted by molar-refractivity contribution is 6.30. The van der Waals surface area contributed by atoms with E-state index in [4.69, 9.17) is 16.3 Å². The first kappa shape index (κ1) is 21.9. The van der Waals surface area contributed by atoms with Crippen LogP contribution in [-0.4, -0.2) is 22.9 Å². The lowest BCUT2D eigenvalue weighted by atomic mass is 9.77. The van der Waals surface area contributed by atoms with E-state index in [1.165, 1.54) is 0 Å². The van der Waals surface area contributed by atoms with E-state index in [0.29, 0.717) is 11.6 Å². The third-order valence-corrected chi connectivity index (χ3v) is 6.00. The number of rotatable bonds is 7. The second kappa shape index (κ2) is 9.88. The molecular weight excluding hydrogens is 424 g/mol. The van der Waals surface area contributed by atoms with Crippen LogP contribution in [0.15, 0.2) is 84.9 Å². The van der Waals surface area contributed by atoms with Crippen molar-refractivity contribution in [3.63, 3.8) is 0 Å². The first-order valence-corrected chi connectivity index (χ1v) is 11.0. The van der Waals surface area contributed by atoms with Gasteiger partial charge in [-0.15, -0.1) is 0 Å². The Bertz CT molecular complexity index is 1060. The average molecular weight is 449 g/mol. The summed E-state index contributed by atoms with van der Waals surface area (Å²) in [6, 6.07) is 26.3. The minimum atomic E-state index is -0.537. The SMILES string of the molecule is C[C@H](NC(=O)OCc1ccccc1)[C@H]1C(=O)N(Cc2ccccc2)[C@@H]1c1ccc(Cl)cc1. The Morgan fingerprint density at radius 3 is 2.19 bits per heavy atom. The van der Waals surface area contributed by atoms with Crippen LogP contribution >= 0.6 is 11.6 Å². The monoisotopic (exact) mass is 448 g/mol. The number of benzene rings is 3. The number of nitrogens with one attached hydrogen (secondary N) is 1. The molecule has 5 nitrogen and oxygen atoms in total. The Morgan fingerprint density at radius 1 is 0.969 bits per heavy atom. The van der Waals surface area contributed by atoms with E-state index < -0.39 is 12.1 Å². The molecular formula is C26H25ClN2O3. The third-order valence-electron chi connectivity index (χ3n) is 5.75. The van der Waals surface area contributed by atoms with Gasteiger partial charge in [-0.3, -0.25) is 4.79 Å². The van der Waals surface area contributed by atoms with E-state index in [2.05, 4.69) is 5.32 Å². The average Bonchev–Trinajstić information content (AvgIpc) is 2.81. The van der Waals surface area contributed by atoms with Gasteiger partial charge in [0.2, 0.25) is 5.91 Å². The number of amides is 2. The van der Waals surface area contributed by atoms with Gasteiger partial charge in [0.05, 0.1) is 12.0 Å². The van der Waals surface area contributed by atoms with Crippen LogP contribution in [-0.2, 0) is 22.7 Å². The van der Waals surface area contributed by atoms with Crippen molar-refractivity contribution in [3.05, 3.63) is 107 Å². The zero-order chi connectivity index (χ0) is 22.5. The second-order valence-electron chi connectivity index (χ2n) is 7.97. The number of nitrogens with zero attached hydrogens (tertiary/aromatic N) is 1. The fraction of sp³-hybridized carbons (Fsp3) is 0.231. The third kappa shape index (κ3) is 4.94. The number of carbonyl (C=O) groups excluding carboxylic acids is 2. The lowest BCUT2D eigenvalue weighted by Gasteiger charge is -2.50. The van der Waals surface area contributed by atoms with Gasteiger partial charge in [0.1, 0.15) is 6.61 Å². The summed E-state index contributed by atoms with van der Waals surface area (Å²) in [5, 5.41) is 3.48. The Balaban J connectivity index is 1.46. The lowest BCUT2D eigenvalue weighted by molar-refractivity contribution is -0.160. The Morgan fingerprint density at radius 2 is 1.56 bits per heavy atom. The van der Waals surface area contributed by atoms with Gasteiger partial charge < -0.3 is 15.0 Å². The molecule has 32 heavy (non-hydrogen) atoms. The summed E-state index contributed by atoms with van der Waals surface area (Å²) < 4.78 is 5.34. The molecule has 0 unspecified atom stereocenters. The molecule has 1 N–H and O–H groups in total. The second-order valence-corrected chi connectivity index (χ2v) is 8.41. The van der Waals surface area contributed by atoms with E-state index in [0.717, 1.165) is 16.7 Å². The van der Waals surface area contributed by atoms with Crippen molar-refractivity contribution in [1.82, 2.24) is 10.2 Å². The number of alkyl carbamates (subject to hydrolysis) is 1. The fourth-order valence-electron chi connectivity index (χ4n) is 4.11. The Labute approximate surface area is 193 Å². The topological polar surface area (TPSA) is 58.6 Å². The van der Waals surface area contributed by atoms with Gasteiger partial charge in [0, 0.05) is 17.6 Å². The largest absolute Gasteiger partial charge is 0.445 e. The van der Waals surface area contributed by atoms with Gasteiger partial charge in [-0.25, -0.2) is 4.79 Å². The number of halogens is 1. The van der Waals surface area contributed by atoms with Crippen LogP contribution in [0.1, 0.15) is 29.7 Å². The van der Waals surface area contributed by atoms with Crippen molar-refractivity contribution >= 4 is 23.6 Å². The Hall–Kier alpha value is -3.31. The molecule has 0 spiro atoms. The van der Waals surface area contributed by atoms with E-state index in [1.807, 2.05) is 96.8 Å². The summed E-state index contributed by atoms with van der Waals surface area (Å²) in [5.41, 5.74) is 2.95. The van der Waals surface area contributed by atoms with Gasteiger partial charge in [0.25, 0.3) is 0 Å². The van der Waals surface area contributed by atoms with Crippen molar-refractivity contribution in [2.75, 3.05) is 0 Å². The van der Waals surface area contributed by atoms with E-state index in [1.54, 1.807) is 0 Å². The van der Waals surface area contributed by atoms with Crippen molar-refractivity contribution in [3.8, 4) is 0 Å². The predicted octanol–water partition coefficient (Wildman–Crippen LogP) is 5.35. The molecule has 3 atom stereocenters. The minimum Gasteiger partial charge on any atom is -0.445 e. The highest BCUT2D eigenvalue weighted by Crippen LogP contribution is 2.43. The van der Waals surface area contributed by atoms with E-state index >= 15 is 0 Å². The Kier molecular flexibility index (Phi) is 6.76. The number of carbonyl (C=O) groups is 2. The number of β-lactam (4-membered cyclic amide) rings is 1. The van der Waals surface area contributed by atoms with Crippen molar-refractivity contribution in [2.24, 2.45) is 5.92 Å². The van der Waals surface area contributed by atoms with Gasteiger partial charge in [-0.05, 0) is 35.7 Å². The van der Waals surface area contributed by atoms with Crippen molar-refractivity contribution < 1.29 is 14.3 Å². The molecule has 1 aliphatic heterocycles. The molecule has 1 heterocycles. The fourth-order valence-corrected chi connectivity index (χ4v) is 4.23.